The zero-order valence-corrected chi connectivity index (χ0v) is 15.4. The molecule has 0 aliphatic heterocycles. The number of ether oxygens (including phenoxy) is 1. The number of hydrogen-bond donors (Lipinski definition) is 2. The maximum Gasteiger partial charge on any atom is 0.156 e. The van der Waals surface area contributed by atoms with E-state index >= 15 is 0 Å². The minimum absolute atomic E-state index is 0.285. The molecule has 3 aromatic rings. The molecule has 0 unspecified atom stereocenters. The van der Waals surface area contributed by atoms with E-state index in [1.54, 1.807) is 13.3 Å². The molecule has 0 bridgehead atoms. The molecule has 0 amide bonds. The minimum Gasteiger partial charge on any atom is -0.377 e. The first-order chi connectivity index (χ1) is 13.2. The largest absolute Gasteiger partial charge is 0.377 e. The predicted octanol–water partition coefficient (Wildman–Crippen LogP) is 2.63. The monoisotopic (exact) mass is 364 g/mol. The van der Waals surface area contributed by atoms with Gasteiger partial charge >= 0.3 is 0 Å². The van der Waals surface area contributed by atoms with Crippen molar-refractivity contribution in [2.75, 3.05) is 12.4 Å². The summed E-state index contributed by atoms with van der Waals surface area (Å²) in [4.78, 5) is 9.24. The number of methoxy groups -OCH3 is 1. The van der Waals surface area contributed by atoms with Crippen LogP contribution in [-0.2, 0) is 17.9 Å². The van der Waals surface area contributed by atoms with Crippen molar-refractivity contribution in [1.82, 2.24) is 19.7 Å². The Kier molecular flexibility index (Phi) is 5.13. The molecule has 2 aromatic heterocycles. The molecule has 1 fully saturated rings. The smallest absolute Gasteiger partial charge is 0.156 e. The number of nitrogens with zero attached hydrogens (tertiary/aromatic N) is 4. The third kappa shape index (κ3) is 3.99. The summed E-state index contributed by atoms with van der Waals surface area (Å²) >= 11 is 0. The van der Waals surface area contributed by atoms with Gasteiger partial charge in [-0.15, -0.1) is 0 Å². The third-order valence-electron chi connectivity index (χ3n) is 4.86. The fourth-order valence-electron chi connectivity index (χ4n) is 3.40. The number of anilines is 1. The van der Waals surface area contributed by atoms with E-state index in [0.29, 0.717) is 24.9 Å². The normalized spacial score (nSPS) is 18.9. The molecule has 4 rings (SSSR count). The molecule has 0 spiro atoms. The Morgan fingerprint density at radius 3 is 2.81 bits per heavy atom. The summed E-state index contributed by atoms with van der Waals surface area (Å²) < 4.78 is 7.10. The number of aromatic nitrogens is 4. The molecule has 1 aliphatic rings. The van der Waals surface area contributed by atoms with Gasteiger partial charge in [0.05, 0.1) is 5.69 Å². The molecule has 1 saturated carbocycles. The van der Waals surface area contributed by atoms with Crippen molar-refractivity contribution >= 4 is 5.82 Å². The number of nitrogens with one attached hydrogen (secondary N) is 1. The summed E-state index contributed by atoms with van der Waals surface area (Å²) in [5, 5.41) is 7.78. The summed E-state index contributed by atoms with van der Waals surface area (Å²) in [6, 6.07) is 12.4. The standard InChI is InChI=1S/C20H24N6O/c1-27-13-20-24-17(15-9-16(21)10-15)11-19(25-20)22-12-14-5-2-3-6-18(14)26-8-4-7-23-26/h2-8,11,15-16H,9-10,12-13,21H2,1H3,(H,22,24,25). The lowest BCUT2D eigenvalue weighted by molar-refractivity contribution is 0.177. The summed E-state index contributed by atoms with van der Waals surface area (Å²) in [7, 11) is 1.66. The first-order valence-electron chi connectivity index (χ1n) is 9.17. The van der Waals surface area contributed by atoms with Gasteiger partial charge in [0.25, 0.3) is 0 Å². The van der Waals surface area contributed by atoms with E-state index in [1.165, 1.54) is 0 Å². The maximum atomic E-state index is 5.95. The van der Waals surface area contributed by atoms with Crippen molar-refractivity contribution in [3.63, 3.8) is 0 Å². The van der Waals surface area contributed by atoms with Gasteiger partial charge in [-0.05, 0) is 30.5 Å². The van der Waals surface area contributed by atoms with E-state index in [0.717, 1.165) is 35.6 Å². The average molecular weight is 364 g/mol. The molecule has 0 atom stereocenters. The molecule has 0 saturated heterocycles. The first kappa shape index (κ1) is 17.6. The van der Waals surface area contributed by atoms with Crippen LogP contribution in [0.2, 0.25) is 0 Å². The number of benzene rings is 1. The molecule has 27 heavy (non-hydrogen) atoms. The van der Waals surface area contributed by atoms with Gasteiger partial charge in [0, 0.05) is 49.8 Å². The van der Waals surface area contributed by atoms with Crippen LogP contribution in [0.5, 0.6) is 0 Å². The predicted molar refractivity (Wildman–Crippen MR) is 104 cm³/mol. The highest BCUT2D eigenvalue weighted by Crippen LogP contribution is 2.35. The zero-order chi connectivity index (χ0) is 18.6. The molecule has 3 N–H and O–H groups in total. The molecular weight excluding hydrogens is 340 g/mol. The van der Waals surface area contributed by atoms with Gasteiger partial charge in [0.15, 0.2) is 5.82 Å². The van der Waals surface area contributed by atoms with Gasteiger partial charge in [-0.2, -0.15) is 5.10 Å². The number of para-hydroxylation sites is 1. The third-order valence-corrected chi connectivity index (χ3v) is 4.86. The highest BCUT2D eigenvalue weighted by atomic mass is 16.5. The van der Waals surface area contributed by atoms with E-state index in [9.17, 15) is 0 Å². The second-order valence-electron chi connectivity index (χ2n) is 6.89. The second-order valence-corrected chi connectivity index (χ2v) is 6.89. The number of nitrogens with two attached hydrogens (primary N) is 1. The van der Waals surface area contributed by atoms with Gasteiger partial charge in [-0.25, -0.2) is 14.6 Å². The van der Waals surface area contributed by atoms with E-state index in [1.807, 2.05) is 35.1 Å². The van der Waals surface area contributed by atoms with Gasteiger partial charge in [-0.1, -0.05) is 18.2 Å². The van der Waals surface area contributed by atoms with Gasteiger partial charge < -0.3 is 15.8 Å². The Balaban J connectivity index is 1.54. The van der Waals surface area contributed by atoms with Crippen LogP contribution >= 0.6 is 0 Å². The maximum absolute atomic E-state index is 5.95. The van der Waals surface area contributed by atoms with E-state index in [4.69, 9.17) is 10.5 Å². The quantitative estimate of drug-likeness (QED) is 0.670. The highest BCUT2D eigenvalue weighted by molar-refractivity contribution is 5.44. The van der Waals surface area contributed by atoms with E-state index in [2.05, 4.69) is 32.5 Å². The number of rotatable bonds is 7. The molecule has 0 radical (unpaired) electrons. The lowest BCUT2D eigenvalue weighted by Crippen LogP contribution is -2.35. The van der Waals surface area contributed by atoms with Crippen molar-refractivity contribution in [3.8, 4) is 5.69 Å². The van der Waals surface area contributed by atoms with Gasteiger partial charge in [0.1, 0.15) is 12.4 Å². The Bertz CT molecular complexity index is 889. The Hall–Kier alpha value is -2.77. The van der Waals surface area contributed by atoms with Crippen molar-refractivity contribution in [1.29, 1.82) is 0 Å². The van der Waals surface area contributed by atoms with Crippen molar-refractivity contribution in [3.05, 3.63) is 65.9 Å². The molecule has 1 aliphatic carbocycles. The first-order valence-corrected chi connectivity index (χ1v) is 9.17. The lowest BCUT2D eigenvalue weighted by atomic mass is 9.78. The van der Waals surface area contributed by atoms with Crippen molar-refractivity contribution in [2.24, 2.45) is 5.73 Å². The highest BCUT2D eigenvalue weighted by Gasteiger charge is 2.29. The van der Waals surface area contributed by atoms with Crippen LogP contribution in [0, 0.1) is 0 Å². The number of hydrogen-bond acceptors (Lipinski definition) is 6. The fourth-order valence-corrected chi connectivity index (χ4v) is 3.40. The Morgan fingerprint density at radius 1 is 1.22 bits per heavy atom. The van der Waals surface area contributed by atoms with Gasteiger partial charge in [0.2, 0.25) is 0 Å². The fraction of sp³-hybridized carbons (Fsp3) is 0.350. The Labute approximate surface area is 158 Å². The van der Waals surface area contributed by atoms with Crippen LogP contribution in [0.25, 0.3) is 5.69 Å². The molecule has 7 nitrogen and oxygen atoms in total. The summed E-state index contributed by atoms with van der Waals surface area (Å²) in [6.07, 6.45) is 5.68. The van der Waals surface area contributed by atoms with E-state index < -0.39 is 0 Å². The summed E-state index contributed by atoms with van der Waals surface area (Å²) in [5.74, 6) is 1.91. The molecule has 140 valence electrons. The topological polar surface area (TPSA) is 90.9 Å². The SMILES string of the molecule is COCc1nc(NCc2ccccc2-n2cccn2)cc(C2CC(N)C2)n1. The Morgan fingerprint density at radius 2 is 2.07 bits per heavy atom. The minimum atomic E-state index is 0.285. The zero-order valence-electron chi connectivity index (χ0n) is 15.4. The molecule has 2 heterocycles. The van der Waals surface area contributed by atoms with Crippen LogP contribution < -0.4 is 11.1 Å². The molecular formula is C20H24N6O. The lowest BCUT2D eigenvalue weighted by Gasteiger charge is -2.32. The van der Waals surface area contributed by atoms with Crippen molar-refractivity contribution in [2.45, 2.75) is 38.0 Å². The van der Waals surface area contributed by atoms with Crippen LogP contribution in [0.3, 0.4) is 0 Å². The van der Waals surface area contributed by atoms with E-state index in [-0.39, 0.29) is 6.04 Å². The van der Waals surface area contributed by atoms with Crippen molar-refractivity contribution < 1.29 is 4.74 Å². The summed E-state index contributed by atoms with van der Waals surface area (Å²) in [5.41, 5.74) is 9.18. The summed E-state index contributed by atoms with van der Waals surface area (Å²) in [6.45, 7) is 1.04. The van der Waals surface area contributed by atoms with Crippen LogP contribution in [0.15, 0.2) is 48.8 Å². The second kappa shape index (κ2) is 7.85. The molecule has 1 aromatic carbocycles. The van der Waals surface area contributed by atoms with Gasteiger partial charge in [-0.3, -0.25) is 0 Å². The van der Waals surface area contributed by atoms with Crippen LogP contribution in [0.4, 0.5) is 5.82 Å². The van der Waals surface area contributed by atoms with Crippen LogP contribution in [-0.4, -0.2) is 32.9 Å². The van der Waals surface area contributed by atoms with Crippen LogP contribution in [0.1, 0.15) is 35.8 Å². The molecule has 7 heteroatoms. The average Bonchev–Trinajstić information content (AvgIpc) is 3.19.